The molecule has 47 heavy (non-hydrogen) atoms. The fourth-order valence-corrected chi connectivity index (χ4v) is 8.46. The number of allylic oxidation sites excluding steroid dienone is 1. The Morgan fingerprint density at radius 3 is 2.66 bits per heavy atom. The summed E-state index contributed by atoms with van der Waals surface area (Å²) >= 11 is 0. The lowest BCUT2D eigenvalue weighted by Crippen LogP contribution is -2.48. The summed E-state index contributed by atoms with van der Waals surface area (Å²) in [5.74, 6) is -1.44. The Hall–Kier alpha value is -3.27. The van der Waals surface area contributed by atoms with Crippen molar-refractivity contribution in [1.29, 1.82) is 0 Å². The number of benzene rings is 1. The average Bonchev–Trinajstić information content (AvgIpc) is 3.57. The molecule has 2 N–H and O–H groups in total. The maximum absolute atomic E-state index is 14.4. The predicted octanol–water partition coefficient (Wildman–Crippen LogP) is 5.24. The van der Waals surface area contributed by atoms with Crippen LogP contribution in [-0.2, 0) is 30.1 Å². The lowest BCUT2D eigenvalue weighted by Gasteiger charge is -2.35. The first-order valence-corrected chi connectivity index (χ1v) is 18.0. The van der Waals surface area contributed by atoms with E-state index in [0.29, 0.717) is 5.88 Å². The Morgan fingerprint density at radius 1 is 1.28 bits per heavy atom. The van der Waals surface area contributed by atoms with Gasteiger partial charge in [-0.15, -0.1) is 6.58 Å². The summed E-state index contributed by atoms with van der Waals surface area (Å²) in [6.07, 6.45) is 4.56. The Kier molecular flexibility index (Phi) is 9.94. The van der Waals surface area contributed by atoms with Crippen LogP contribution in [0.25, 0.3) is 10.8 Å². The van der Waals surface area contributed by atoms with Crippen molar-refractivity contribution in [2.24, 2.45) is 23.2 Å². The third-order valence-corrected chi connectivity index (χ3v) is 12.0. The topological polar surface area (TPSA) is 153 Å². The molecule has 6 atom stereocenters. The molecule has 1 aromatic heterocycles. The predicted molar refractivity (Wildman–Crippen MR) is 176 cm³/mol. The van der Waals surface area contributed by atoms with Crippen LogP contribution in [0.3, 0.4) is 0 Å². The van der Waals surface area contributed by atoms with Gasteiger partial charge < -0.3 is 28.9 Å². The van der Waals surface area contributed by atoms with Gasteiger partial charge in [0.25, 0.3) is 0 Å². The molecule has 1 aliphatic carbocycles. The number of amides is 1. The molecule has 11 nitrogen and oxygen atoms in total. The Labute approximate surface area is 276 Å². The van der Waals surface area contributed by atoms with Gasteiger partial charge in [-0.3, -0.25) is 18.9 Å². The average molecular weight is 671 g/mol. The number of nitrogens with zero attached hydrogens (tertiary/aromatic N) is 2. The van der Waals surface area contributed by atoms with E-state index in [0.717, 1.165) is 41.3 Å². The number of hydrogen-bond donors (Lipinski definition) is 2. The summed E-state index contributed by atoms with van der Waals surface area (Å²) in [5, 5.41) is 0.116. The fourth-order valence-electron chi connectivity index (χ4n) is 7.12. The summed E-state index contributed by atoms with van der Waals surface area (Å²) in [5.41, 5.74) is 0.329. The van der Waals surface area contributed by atoms with E-state index in [-0.39, 0.29) is 38.3 Å². The van der Waals surface area contributed by atoms with Gasteiger partial charge in [-0.25, -0.2) is 4.98 Å². The summed E-state index contributed by atoms with van der Waals surface area (Å²) < 4.78 is 30.4. The van der Waals surface area contributed by atoms with Crippen LogP contribution in [0.1, 0.15) is 71.8 Å². The van der Waals surface area contributed by atoms with Crippen molar-refractivity contribution in [2.75, 3.05) is 20.3 Å². The molecule has 5 rings (SSSR count). The first kappa shape index (κ1) is 35.0. The van der Waals surface area contributed by atoms with Gasteiger partial charge in [0.2, 0.25) is 11.8 Å². The van der Waals surface area contributed by atoms with Gasteiger partial charge in [0.05, 0.1) is 43.8 Å². The number of aryl methyl sites for hydroxylation is 1. The van der Waals surface area contributed by atoms with E-state index in [1.165, 1.54) is 11.0 Å². The van der Waals surface area contributed by atoms with E-state index in [1.54, 1.807) is 13.3 Å². The number of ketones is 1. The molecule has 3 heterocycles. The zero-order chi connectivity index (χ0) is 34.3. The van der Waals surface area contributed by atoms with Crippen molar-refractivity contribution >= 4 is 36.0 Å². The van der Waals surface area contributed by atoms with Gasteiger partial charge in [-0.05, 0) is 72.1 Å². The van der Waals surface area contributed by atoms with E-state index in [2.05, 4.69) is 11.6 Å². The van der Waals surface area contributed by atoms with E-state index >= 15 is 0 Å². The van der Waals surface area contributed by atoms with Crippen molar-refractivity contribution in [3.05, 3.63) is 42.6 Å². The summed E-state index contributed by atoms with van der Waals surface area (Å²) in [6, 6.07) is 4.82. The van der Waals surface area contributed by atoms with Crippen LogP contribution in [0.15, 0.2) is 37.1 Å². The first-order valence-electron chi connectivity index (χ1n) is 16.4. The Bertz CT molecular complexity index is 1600. The standard InChI is InChI=1S/C35H47N2O9P/c1-7-24-17-35(24,47(41,42)43)18-29(38)28-15-25-19-37(28)33(40)27(34(3,4)5)16-31(39)45-20-21(2)9-8-10-23-13-26-22(14-30(23)44-6)11-12-36-32(26)46-25/h7,11-14,21,24-25,27-28H,1,8-10,15-20H2,2-6H3,(H2,41,42,43)/t21-,24?,25+,27+,28-,35?/m0/s1. The van der Waals surface area contributed by atoms with Crippen molar-refractivity contribution in [2.45, 2.75) is 89.9 Å². The van der Waals surface area contributed by atoms with Gasteiger partial charge in [0.15, 0.2) is 5.78 Å². The molecule has 12 heteroatoms. The van der Waals surface area contributed by atoms with Gasteiger partial charge in [0.1, 0.15) is 11.9 Å². The molecule has 1 amide bonds. The molecule has 2 fully saturated rings. The minimum absolute atomic E-state index is 0.0444. The summed E-state index contributed by atoms with van der Waals surface area (Å²) in [4.78, 5) is 68.0. The zero-order valence-corrected chi connectivity index (χ0v) is 28.8. The number of carbonyl (C=O) groups excluding carboxylic acids is 3. The monoisotopic (exact) mass is 670 g/mol. The van der Waals surface area contributed by atoms with Gasteiger partial charge >= 0.3 is 13.6 Å². The van der Waals surface area contributed by atoms with Crippen LogP contribution in [-0.4, -0.2) is 74.9 Å². The first-order chi connectivity index (χ1) is 22.1. The largest absolute Gasteiger partial charge is 0.496 e. The number of rotatable bonds is 6. The normalized spacial score (nSPS) is 29.1. The fraction of sp³-hybridized carbons (Fsp3) is 0.600. The minimum atomic E-state index is -4.66. The molecule has 1 saturated heterocycles. The van der Waals surface area contributed by atoms with Crippen LogP contribution in [0, 0.1) is 23.2 Å². The summed E-state index contributed by atoms with van der Waals surface area (Å²) in [7, 11) is -3.03. The molecule has 3 aliphatic rings. The Morgan fingerprint density at radius 2 is 2.02 bits per heavy atom. The smallest absolute Gasteiger partial charge is 0.332 e. The maximum atomic E-state index is 14.4. The lowest BCUT2D eigenvalue weighted by molar-refractivity contribution is -0.153. The van der Waals surface area contributed by atoms with Crippen LogP contribution in [0.4, 0.5) is 0 Å². The number of cyclic esters (lactones) is 1. The highest BCUT2D eigenvalue weighted by atomic mass is 31.2. The van der Waals surface area contributed by atoms with Crippen molar-refractivity contribution < 1.29 is 42.9 Å². The van der Waals surface area contributed by atoms with E-state index in [1.807, 2.05) is 45.9 Å². The number of aromatic nitrogens is 1. The van der Waals surface area contributed by atoms with Crippen molar-refractivity contribution in [1.82, 2.24) is 9.88 Å². The molecule has 2 aromatic rings. The molecule has 0 radical (unpaired) electrons. The van der Waals surface area contributed by atoms with E-state index in [9.17, 15) is 28.7 Å². The quantitative estimate of drug-likeness (QED) is 0.237. The summed E-state index contributed by atoms with van der Waals surface area (Å²) in [6.45, 7) is 11.6. The molecule has 256 valence electrons. The van der Waals surface area contributed by atoms with Crippen molar-refractivity contribution in [3.8, 4) is 11.6 Å². The second-order valence-corrected chi connectivity index (χ2v) is 16.6. The molecule has 2 aliphatic heterocycles. The maximum Gasteiger partial charge on any atom is 0.332 e. The second kappa shape index (κ2) is 13.3. The highest BCUT2D eigenvalue weighted by Crippen LogP contribution is 2.71. The number of esters is 1. The van der Waals surface area contributed by atoms with Crippen molar-refractivity contribution in [3.63, 3.8) is 0 Å². The van der Waals surface area contributed by atoms with E-state index < -0.39 is 66.2 Å². The number of carbonyl (C=O) groups is 3. The number of ether oxygens (including phenoxy) is 3. The lowest BCUT2D eigenvalue weighted by atomic mass is 9.77. The molecular formula is C35H47N2O9P. The molecule has 0 spiro atoms. The highest BCUT2D eigenvalue weighted by Gasteiger charge is 2.65. The highest BCUT2D eigenvalue weighted by molar-refractivity contribution is 7.54. The number of fused-ring (bicyclic) bond motifs is 3. The number of methoxy groups -OCH3 is 1. The molecule has 1 saturated carbocycles. The number of Topliss-reactive ketones (excluding diaryl/α,β-unsaturated/α-hetero) is 1. The Balaban J connectivity index is 1.54. The van der Waals surface area contributed by atoms with Crippen LogP contribution in [0.2, 0.25) is 0 Å². The minimum Gasteiger partial charge on any atom is -0.496 e. The van der Waals surface area contributed by atoms with Crippen LogP contribution in [0.5, 0.6) is 11.6 Å². The number of pyridine rings is 1. The van der Waals surface area contributed by atoms with Gasteiger partial charge in [-0.1, -0.05) is 33.8 Å². The van der Waals surface area contributed by atoms with E-state index in [4.69, 9.17) is 14.2 Å². The van der Waals surface area contributed by atoms with Crippen LogP contribution < -0.4 is 9.47 Å². The molecular weight excluding hydrogens is 623 g/mol. The molecule has 1 aromatic carbocycles. The van der Waals surface area contributed by atoms with Gasteiger partial charge in [0, 0.05) is 24.4 Å². The number of hydrogen-bond acceptors (Lipinski definition) is 8. The third-order valence-electron chi connectivity index (χ3n) is 10.2. The van der Waals surface area contributed by atoms with Crippen LogP contribution >= 0.6 is 7.60 Å². The van der Waals surface area contributed by atoms with Gasteiger partial charge in [-0.2, -0.15) is 0 Å². The molecule has 4 bridgehead atoms. The molecule has 2 unspecified atom stereocenters. The third kappa shape index (κ3) is 7.27. The second-order valence-electron chi connectivity index (χ2n) is 14.6. The zero-order valence-electron chi connectivity index (χ0n) is 27.9. The SMILES string of the molecule is C=CC1CC1(CC(=O)[C@@H]1C[C@@H]2CN1C(=O)[C@H](C(C)(C)C)CC(=O)OC[C@@H](C)CCCc1cc3c(nccc3cc1OC)O2)P(=O)(O)O.